The first-order valence-corrected chi connectivity index (χ1v) is 21.7. The molecule has 3 N–H and O–H groups in total. The van der Waals surface area contributed by atoms with Gasteiger partial charge < -0.3 is 43.9 Å². The van der Waals surface area contributed by atoms with Gasteiger partial charge in [-0.3, -0.25) is 19.3 Å². The number of nitrogens with one attached hydrogen (secondary N) is 1. The van der Waals surface area contributed by atoms with Gasteiger partial charge in [0.2, 0.25) is 12.0 Å². The van der Waals surface area contributed by atoms with Crippen molar-refractivity contribution in [2.75, 3.05) is 52.4 Å². The molecule has 1 unspecified atom stereocenters. The number of carbonyl (C=O) groups is 4. The molecule has 1 amide bonds. The Morgan fingerprint density at radius 1 is 1.00 bits per heavy atom. The number of fused-ring (bicyclic) bond motifs is 6. The molecule has 1 aliphatic carbocycles. The largest absolute Gasteiger partial charge is 0.496 e. The van der Waals surface area contributed by atoms with Crippen LogP contribution in [-0.2, 0) is 50.6 Å². The summed E-state index contributed by atoms with van der Waals surface area (Å²) in [7, 11) is 4.02. The Morgan fingerprint density at radius 3 is 2.44 bits per heavy atom. The van der Waals surface area contributed by atoms with Gasteiger partial charge in [-0.1, -0.05) is 19.9 Å². The zero-order chi connectivity index (χ0) is 44.1. The number of hydrogen-bond acceptors (Lipinski definition) is 13. The molecule has 62 heavy (non-hydrogen) atoms. The lowest BCUT2D eigenvalue weighted by Gasteiger charge is -2.63. The summed E-state index contributed by atoms with van der Waals surface area (Å²) in [5.74, 6) is -2.25. The highest BCUT2D eigenvalue weighted by atomic mass is 16.6. The van der Waals surface area contributed by atoms with E-state index in [0.29, 0.717) is 99.2 Å². The number of methoxy groups -OCH3 is 3. The van der Waals surface area contributed by atoms with Crippen molar-refractivity contribution < 1.29 is 48.3 Å². The number of hydrogen-bond donors (Lipinski definition) is 3. The van der Waals surface area contributed by atoms with Crippen LogP contribution in [0.1, 0.15) is 87.2 Å². The van der Waals surface area contributed by atoms with Gasteiger partial charge in [0.25, 0.3) is 0 Å². The topological polar surface area (TPSA) is 195 Å². The number of H-pyrrole nitrogens is 1. The summed E-state index contributed by atoms with van der Waals surface area (Å²) in [5, 5.41) is 36.1. The molecule has 2 saturated heterocycles. The number of benzene rings is 2. The van der Waals surface area contributed by atoms with E-state index in [4.69, 9.17) is 18.9 Å². The van der Waals surface area contributed by atoms with Crippen LogP contribution in [0, 0.1) is 22.7 Å². The molecule has 2 bridgehead atoms. The molecule has 15 heteroatoms. The number of carbonyl (C=O) groups excluding carboxylic acids is 4. The van der Waals surface area contributed by atoms with Gasteiger partial charge in [-0.05, 0) is 92.5 Å². The van der Waals surface area contributed by atoms with E-state index < -0.39 is 63.5 Å². The van der Waals surface area contributed by atoms with Gasteiger partial charge >= 0.3 is 17.9 Å². The van der Waals surface area contributed by atoms with Gasteiger partial charge in [0, 0.05) is 78.2 Å². The molecule has 9 rings (SSSR count). The maximum absolute atomic E-state index is 15.4. The summed E-state index contributed by atoms with van der Waals surface area (Å²) < 4.78 is 23.7. The second-order valence-corrected chi connectivity index (χ2v) is 18.5. The van der Waals surface area contributed by atoms with Gasteiger partial charge in [0.15, 0.2) is 6.10 Å². The van der Waals surface area contributed by atoms with E-state index in [1.54, 1.807) is 12.1 Å². The van der Waals surface area contributed by atoms with Crippen LogP contribution in [0.2, 0.25) is 0 Å². The van der Waals surface area contributed by atoms with Crippen LogP contribution in [0.25, 0.3) is 10.9 Å². The first-order chi connectivity index (χ1) is 29.7. The highest BCUT2D eigenvalue weighted by Gasteiger charge is 2.81. The lowest BCUT2D eigenvalue weighted by atomic mass is 9.47. The Kier molecular flexibility index (Phi) is 9.85. The molecule has 3 fully saturated rings. The molecule has 328 valence electrons. The Labute approximate surface area is 360 Å². The molecule has 1 spiro atoms. The number of ether oxygens (including phenoxy) is 4. The number of amides is 1. The minimum absolute atomic E-state index is 0.199. The Balaban J connectivity index is 1.39. The summed E-state index contributed by atoms with van der Waals surface area (Å²) in [5.41, 5.74) is -3.31. The fourth-order valence-electron chi connectivity index (χ4n) is 13.5. The maximum Gasteiger partial charge on any atom is 0.344 e. The molecular weight excluding hydrogens is 795 g/mol. The number of piperidine rings is 1. The minimum atomic E-state index is -2.54. The lowest BCUT2D eigenvalue weighted by molar-refractivity contribution is -0.235. The molecule has 5 aliphatic heterocycles. The summed E-state index contributed by atoms with van der Waals surface area (Å²) in [4.78, 5) is 66.0. The molecule has 6 heterocycles. The van der Waals surface area contributed by atoms with Crippen molar-refractivity contribution >= 4 is 40.9 Å². The summed E-state index contributed by atoms with van der Waals surface area (Å²) in [6.07, 6.45) is 5.91. The van der Waals surface area contributed by atoms with E-state index in [9.17, 15) is 29.9 Å². The average Bonchev–Trinajstić information content (AvgIpc) is 3.95. The van der Waals surface area contributed by atoms with Crippen molar-refractivity contribution in [2.45, 2.75) is 106 Å². The van der Waals surface area contributed by atoms with Crippen LogP contribution in [0.4, 0.5) is 5.69 Å². The van der Waals surface area contributed by atoms with Gasteiger partial charge in [0.1, 0.15) is 11.2 Å². The summed E-state index contributed by atoms with van der Waals surface area (Å²) in [6, 6.07) is 9.51. The van der Waals surface area contributed by atoms with Crippen molar-refractivity contribution in [2.24, 2.45) is 11.3 Å². The number of allylic oxidation sites excluding steroid dienone is 1. The van der Waals surface area contributed by atoms with E-state index in [0.717, 1.165) is 16.5 Å². The fourth-order valence-corrected chi connectivity index (χ4v) is 13.5. The Hall–Kier alpha value is -5.43. The van der Waals surface area contributed by atoms with Crippen LogP contribution >= 0.6 is 0 Å². The average molecular weight is 850 g/mol. The number of nitriles is 1. The molecular formula is C47H55N5O10. The van der Waals surface area contributed by atoms with E-state index in [1.807, 2.05) is 44.3 Å². The molecule has 3 aromatic rings. The third-order valence-corrected chi connectivity index (χ3v) is 15.8. The highest BCUT2D eigenvalue weighted by molar-refractivity contribution is 5.97. The Bertz CT molecular complexity index is 2460. The molecule has 0 radical (unpaired) electrons. The van der Waals surface area contributed by atoms with Gasteiger partial charge in [0.05, 0.1) is 50.3 Å². The van der Waals surface area contributed by atoms with Crippen LogP contribution in [0.15, 0.2) is 42.6 Å². The number of nitrogens with zero attached hydrogens (tertiary/aromatic N) is 4. The number of rotatable bonds is 8. The minimum Gasteiger partial charge on any atom is -0.496 e. The molecule has 1 aromatic heterocycles. The second kappa shape index (κ2) is 14.6. The van der Waals surface area contributed by atoms with Crippen molar-refractivity contribution in [1.29, 1.82) is 5.26 Å². The van der Waals surface area contributed by atoms with Crippen molar-refractivity contribution in [3.05, 3.63) is 70.6 Å². The molecule has 1 saturated carbocycles. The molecule has 2 aromatic carbocycles. The molecule has 6 aliphatic rings. The third kappa shape index (κ3) is 5.38. The van der Waals surface area contributed by atoms with E-state index in [1.165, 1.54) is 33.2 Å². The van der Waals surface area contributed by atoms with Crippen LogP contribution in [-0.4, -0.2) is 126 Å². The summed E-state index contributed by atoms with van der Waals surface area (Å²) >= 11 is 0. The van der Waals surface area contributed by atoms with Crippen LogP contribution in [0.3, 0.4) is 0 Å². The predicted molar refractivity (Wildman–Crippen MR) is 225 cm³/mol. The summed E-state index contributed by atoms with van der Waals surface area (Å²) in [6.45, 7) is 7.32. The first kappa shape index (κ1) is 41.9. The van der Waals surface area contributed by atoms with Crippen LogP contribution in [0.5, 0.6) is 5.75 Å². The highest BCUT2D eigenvalue weighted by Crippen LogP contribution is 2.69. The van der Waals surface area contributed by atoms with Crippen molar-refractivity contribution in [1.82, 2.24) is 14.8 Å². The second-order valence-electron chi connectivity index (χ2n) is 18.5. The number of esters is 3. The van der Waals surface area contributed by atoms with Gasteiger partial charge in [-0.2, -0.15) is 5.26 Å². The van der Waals surface area contributed by atoms with Crippen molar-refractivity contribution in [3.8, 4) is 11.8 Å². The smallest absolute Gasteiger partial charge is 0.344 e. The maximum atomic E-state index is 15.4. The van der Waals surface area contributed by atoms with Crippen LogP contribution < -0.4 is 9.64 Å². The number of aromatic nitrogens is 1. The number of aromatic amines is 1. The van der Waals surface area contributed by atoms with E-state index in [2.05, 4.69) is 20.9 Å². The molecule has 10 atom stereocenters. The monoisotopic (exact) mass is 849 g/mol. The number of aliphatic hydroxyl groups is 2. The third-order valence-electron chi connectivity index (χ3n) is 15.8. The molecule has 15 nitrogen and oxygen atoms in total. The quantitative estimate of drug-likeness (QED) is 0.169. The van der Waals surface area contributed by atoms with E-state index >= 15 is 4.79 Å². The van der Waals surface area contributed by atoms with Gasteiger partial charge in [-0.15, -0.1) is 0 Å². The zero-order valence-corrected chi connectivity index (χ0v) is 36.2. The SMILES string of the molecule is CC[C@]1(O)C[C@H]2CN(CCc3c([nH]c4ccc(C#N)cc34)[C@@](C(=O)OC)(c3cc4c(cc3OC)N(C=O)[C@H]3[C@@](O)(C(=O)OC)[C@H](OC(C)=O)[C@]5(CC)CC=CN6CC[C@]43[C@@H]65)C2)C1. The fraction of sp³-hybridized carbons (Fsp3) is 0.553. The van der Waals surface area contributed by atoms with Crippen molar-refractivity contribution in [3.63, 3.8) is 0 Å². The van der Waals surface area contributed by atoms with E-state index in [-0.39, 0.29) is 18.1 Å². The lowest BCUT2D eigenvalue weighted by Crippen LogP contribution is -2.81. The van der Waals surface area contributed by atoms with Gasteiger partial charge in [-0.25, -0.2) is 4.79 Å². The predicted octanol–water partition coefficient (Wildman–Crippen LogP) is 3.74. The number of anilines is 1. The Morgan fingerprint density at radius 2 is 1.77 bits per heavy atom. The normalized spacial score (nSPS) is 35.2. The standard InChI is InChI=1S/C47H55N5O10/c1-7-43(57)21-29-22-46(41(55)60-5,37-30(12-16-50(24-29)25-43)31-18-28(23-48)10-11-34(31)49-37)33-19-32-35(20-36(33)59-4)52(26-53)39-45(32)14-17-51-15-9-13-44(8-2,38(45)51)40(62-27(3)54)47(39,58)42(56)61-6/h9-11,15,18-20,26,29,38-40,49,57-58H,7-8,12-14,16-17,21-22,24-25H2,1-6H3/t29-,38+,39-,40-,43+,44-,45-,46+,47+/m1/s1. The first-order valence-electron chi connectivity index (χ1n) is 21.7. The zero-order valence-electron chi connectivity index (χ0n) is 36.2.